The summed E-state index contributed by atoms with van der Waals surface area (Å²) in [6, 6.07) is 4.95. The Balaban J connectivity index is 2.84. The molecule has 0 bridgehead atoms. The number of rotatable bonds is 2. The van der Waals surface area contributed by atoms with Gasteiger partial charge in [-0.3, -0.25) is 4.79 Å². The molecule has 2 rings (SSSR count). The molecular weight excluding hydrogens is 268 g/mol. The SMILES string of the molecule is CCOC(=O)c1cccc2c(=O)c(C)c(C(C)(C)C)oc12. The number of para-hydroxylation sites is 1. The fourth-order valence-electron chi connectivity index (χ4n) is 2.39. The summed E-state index contributed by atoms with van der Waals surface area (Å²) < 4.78 is 11.0. The normalized spacial score (nSPS) is 11.7. The lowest BCUT2D eigenvalue weighted by Crippen LogP contribution is -2.20. The highest BCUT2D eigenvalue weighted by Gasteiger charge is 2.24. The predicted octanol–water partition coefficient (Wildman–Crippen LogP) is 3.58. The molecule has 0 fully saturated rings. The van der Waals surface area contributed by atoms with E-state index in [4.69, 9.17) is 9.15 Å². The second kappa shape index (κ2) is 5.35. The van der Waals surface area contributed by atoms with Crippen LogP contribution in [0.2, 0.25) is 0 Å². The fraction of sp³-hybridized carbons (Fsp3) is 0.412. The molecule has 0 saturated heterocycles. The summed E-state index contributed by atoms with van der Waals surface area (Å²) in [6.45, 7) is 9.68. The summed E-state index contributed by atoms with van der Waals surface area (Å²) in [5, 5.41) is 0.408. The molecule has 4 heteroatoms. The Morgan fingerprint density at radius 3 is 2.52 bits per heavy atom. The van der Waals surface area contributed by atoms with Crippen LogP contribution in [0.1, 0.15) is 49.4 Å². The molecule has 0 atom stereocenters. The van der Waals surface area contributed by atoms with Crippen molar-refractivity contribution in [2.45, 2.75) is 40.0 Å². The minimum atomic E-state index is -0.477. The first kappa shape index (κ1) is 15.3. The van der Waals surface area contributed by atoms with Crippen molar-refractivity contribution < 1.29 is 13.9 Å². The Kier molecular flexibility index (Phi) is 3.90. The van der Waals surface area contributed by atoms with Crippen molar-refractivity contribution in [3.8, 4) is 0 Å². The first-order valence-corrected chi connectivity index (χ1v) is 7.01. The van der Waals surface area contributed by atoms with Gasteiger partial charge in [-0.2, -0.15) is 0 Å². The summed E-state index contributed by atoms with van der Waals surface area (Å²) in [7, 11) is 0. The van der Waals surface area contributed by atoms with E-state index >= 15 is 0 Å². The van der Waals surface area contributed by atoms with Crippen LogP contribution in [0.25, 0.3) is 11.0 Å². The average Bonchev–Trinajstić information content (AvgIpc) is 2.41. The zero-order valence-electron chi connectivity index (χ0n) is 13.1. The monoisotopic (exact) mass is 288 g/mol. The average molecular weight is 288 g/mol. The fourth-order valence-corrected chi connectivity index (χ4v) is 2.39. The van der Waals surface area contributed by atoms with Gasteiger partial charge in [-0.25, -0.2) is 4.79 Å². The van der Waals surface area contributed by atoms with Crippen molar-refractivity contribution in [3.05, 3.63) is 45.3 Å². The molecule has 0 radical (unpaired) electrons. The molecule has 0 aliphatic carbocycles. The molecule has 112 valence electrons. The van der Waals surface area contributed by atoms with Crippen LogP contribution in [0, 0.1) is 6.92 Å². The maximum absolute atomic E-state index is 12.5. The summed E-state index contributed by atoms with van der Waals surface area (Å²) in [4.78, 5) is 24.5. The number of carbonyl (C=O) groups excluding carboxylic acids is 1. The van der Waals surface area contributed by atoms with Crippen molar-refractivity contribution in [1.82, 2.24) is 0 Å². The molecule has 0 amide bonds. The lowest BCUT2D eigenvalue weighted by Gasteiger charge is -2.20. The van der Waals surface area contributed by atoms with E-state index in [1.165, 1.54) is 0 Å². The van der Waals surface area contributed by atoms with E-state index in [-0.39, 0.29) is 23.0 Å². The predicted molar refractivity (Wildman–Crippen MR) is 81.9 cm³/mol. The van der Waals surface area contributed by atoms with Gasteiger partial charge in [-0.05, 0) is 26.0 Å². The van der Waals surface area contributed by atoms with Gasteiger partial charge in [0.2, 0.25) is 0 Å². The second-order valence-electron chi connectivity index (χ2n) is 6.04. The molecule has 4 nitrogen and oxygen atoms in total. The number of carbonyl (C=O) groups is 1. The van der Waals surface area contributed by atoms with Crippen molar-refractivity contribution in [1.29, 1.82) is 0 Å². The molecular formula is C17H20O4. The Morgan fingerprint density at radius 2 is 1.95 bits per heavy atom. The summed E-state index contributed by atoms with van der Waals surface area (Å²) in [5.74, 6) is 0.117. The highest BCUT2D eigenvalue weighted by Crippen LogP contribution is 2.28. The Labute approximate surface area is 123 Å². The molecule has 0 aliphatic heterocycles. The Morgan fingerprint density at radius 1 is 1.29 bits per heavy atom. The van der Waals surface area contributed by atoms with E-state index in [9.17, 15) is 9.59 Å². The van der Waals surface area contributed by atoms with Crippen molar-refractivity contribution in [2.75, 3.05) is 6.61 Å². The molecule has 0 saturated carbocycles. The standard InChI is InChI=1S/C17H20O4/c1-6-20-16(19)12-9-7-8-11-13(18)10(2)15(17(3,4)5)21-14(11)12/h7-9H,6H2,1-5H3. The molecule has 0 unspecified atom stereocenters. The maximum atomic E-state index is 12.5. The van der Waals surface area contributed by atoms with Gasteiger partial charge in [-0.15, -0.1) is 0 Å². The van der Waals surface area contributed by atoms with Crippen LogP contribution in [-0.4, -0.2) is 12.6 Å². The molecule has 0 spiro atoms. The van der Waals surface area contributed by atoms with Crippen LogP contribution >= 0.6 is 0 Å². The van der Waals surface area contributed by atoms with Crippen molar-refractivity contribution in [2.24, 2.45) is 0 Å². The smallest absolute Gasteiger partial charge is 0.341 e. The van der Waals surface area contributed by atoms with Gasteiger partial charge < -0.3 is 9.15 Å². The van der Waals surface area contributed by atoms with Gasteiger partial charge in [0.05, 0.1) is 12.0 Å². The maximum Gasteiger partial charge on any atom is 0.341 e. The van der Waals surface area contributed by atoms with Crippen LogP contribution in [-0.2, 0) is 10.2 Å². The topological polar surface area (TPSA) is 56.5 Å². The number of ether oxygens (including phenoxy) is 1. The summed E-state index contributed by atoms with van der Waals surface area (Å²) >= 11 is 0. The lowest BCUT2D eigenvalue weighted by molar-refractivity contribution is 0.0527. The number of esters is 1. The van der Waals surface area contributed by atoms with Gasteiger partial charge in [0, 0.05) is 11.0 Å². The molecule has 1 heterocycles. The van der Waals surface area contributed by atoms with E-state index < -0.39 is 5.97 Å². The minimum absolute atomic E-state index is 0.104. The van der Waals surface area contributed by atoms with Crippen LogP contribution in [0.5, 0.6) is 0 Å². The first-order valence-electron chi connectivity index (χ1n) is 7.01. The van der Waals surface area contributed by atoms with Crippen LogP contribution in [0.4, 0.5) is 0 Å². The number of fused-ring (bicyclic) bond motifs is 1. The third-order valence-corrected chi connectivity index (χ3v) is 3.32. The Hall–Kier alpha value is -2.10. The van der Waals surface area contributed by atoms with Gasteiger partial charge >= 0.3 is 5.97 Å². The first-order chi connectivity index (χ1) is 9.77. The zero-order chi connectivity index (χ0) is 15.8. The van der Waals surface area contributed by atoms with Gasteiger partial charge in [0.25, 0.3) is 0 Å². The van der Waals surface area contributed by atoms with E-state index in [1.807, 2.05) is 20.8 Å². The van der Waals surface area contributed by atoms with E-state index in [2.05, 4.69) is 0 Å². The molecule has 0 N–H and O–H groups in total. The second-order valence-corrected chi connectivity index (χ2v) is 6.04. The zero-order valence-corrected chi connectivity index (χ0v) is 13.1. The van der Waals surface area contributed by atoms with Gasteiger partial charge in [-0.1, -0.05) is 26.8 Å². The number of hydrogen-bond acceptors (Lipinski definition) is 4. The van der Waals surface area contributed by atoms with Crippen LogP contribution in [0.15, 0.2) is 27.4 Å². The quantitative estimate of drug-likeness (QED) is 0.793. The third-order valence-electron chi connectivity index (χ3n) is 3.32. The highest BCUT2D eigenvalue weighted by molar-refractivity contribution is 6.01. The third kappa shape index (κ3) is 2.71. The van der Waals surface area contributed by atoms with Crippen LogP contribution < -0.4 is 5.43 Å². The molecule has 1 aromatic heterocycles. The largest absolute Gasteiger partial charge is 0.462 e. The molecule has 2 aromatic rings. The summed E-state index contributed by atoms with van der Waals surface area (Å²) in [5.41, 5.74) is 0.746. The molecule has 1 aromatic carbocycles. The molecule has 21 heavy (non-hydrogen) atoms. The minimum Gasteiger partial charge on any atom is -0.462 e. The highest BCUT2D eigenvalue weighted by atomic mass is 16.5. The van der Waals surface area contributed by atoms with Crippen LogP contribution in [0.3, 0.4) is 0 Å². The van der Waals surface area contributed by atoms with E-state index in [0.717, 1.165) is 0 Å². The van der Waals surface area contributed by atoms with Crippen molar-refractivity contribution >= 4 is 16.9 Å². The number of benzene rings is 1. The van der Waals surface area contributed by atoms with Gasteiger partial charge in [0.15, 0.2) is 11.0 Å². The van der Waals surface area contributed by atoms with E-state index in [0.29, 0.717) is 22.3 Å². The van der Waals surface area contributed by atoms with Crippen molar-refractivity contribution in [3.63, 3.8) is 0 Å². The lowest BCUT2D eigenvalue weighted by atomic mass is 9.89. The Bertz CT molecular complexity index is 748. The number of hydrogen-bond donors (Lipinski definition) is 0. The summed E-state index contributed by atoms with van der Waals surface area (Å²) in [6.07, 6.45) is 0. The molecule has 0 aliphatic rings. The van der Waals surface area contributed by atoms with E-state index in [1.54, 1.807) is 32.0 Å². The van der Waals surface area contributed by atoms with Gasteiger partial charge in [0.1, 0.15) is 11.3 Å².